The van der Waals surface area contributed by atoms with Crippen LogP contribution in [0.3, 0.4) is 0 Å². The third kappa shape index (κ3) is 3.65. The number of carbonyl (C=O) groups excluding carboxylic acids is 2. The summed E-state index contributed by atoms with van der Waals surface area (Å²) in [5, 5.41) is 10.0. The largest absolute Gasteiger partial charge is 0.331 e. The Hall–Kier alpha value is -2.61. The maximum Gasteiger partial charge on any atom is 0.315 e. The molecule has 0 saturated carbocycles. The van der Waals surface area contributed by atoms with Crippen molar-refractivity contribution in [2.45, 2.75) is 19.0 Å². The molecule has 1 saturated heterocycles. The molecular weight excluding hydrogens is 332 g/mol. The highest BCUT2D eigenvalue weighted by Gasteiger charge is 2.33. The van der Waals surface area contributed by atoms with Crippen LogP contribution in [-0.4, -0.2) is 39.3 Å². The van der Waals surface area contributed by atoms with Crippen molar-refractivity contribution in [3.63, 3.8) is 0 Å². The predicted octanol–water partition coefficient (Wildman–Crippen LogP) is 1.07. The molecule has 9 heteroatoms. The van der Waals surface area contributed by atoms with Gasteiger partial charge in [0.1, 0.15) is 12.4 Å². The summed E-state index contributed by atoms with van der Waals surface area (Å²) in [7, 11) is 1.75. The van der Waals surface area contributed by atoms with Gasteiger partial charge in [-0.3, -0.25) is 9.48 Å². The number of benzene rings is 1. The van der Waals surface area contributed by atoms with Crippen molar-refractivity contribution in [1.82, 2.24) is 25.4 Å². The molecule has 3 amide bonds. The highest BCUT2D eigenvalue weighted by molar-refractivity contribution is 6.30. The van der Waals surface area contributed by atoms with Crippen molar-refractivity contribution in [2.75, 3.05) is 11.4 Å². The number of nitrogens with one attached hydrogen (secondary N) is 2. The molecule has 1 aromatic carbocycles. The van der Waals surface area contributed by atoms with E-state index < -0.39 is 12.1 Å². The van der Waals surface area contributed by atoms with Gasteiger partial charge in [0.2, 0.25) is 5.91 Å². The predicted molar refractivity (Wildman–Crippen MR) is 88.6 cm³/mol. The van der Waals surface area contributed by atoms with Gasteiger partial charge < -0.3 is 15.5 Å². The molecule has 0 unspecified atom stereocenters. The molecule has 0 bridgehead atoms. The average Bonchev–Trinajstić information content (AvgIpc) is 3.13. The van der Waals surface area contributed by atoms with E-state index in [9.17, 15) is 9.59 Å². The van der Waals surface area contributed by atoms with E-state index in [0.29, 0.717) is 23.8 Å². The summed E-state index contributed by atoms with van der Waals surface area (Å²) in [5.74, 6) is 0.372. The molecule has 0 spiro atoms. The van der Waals surface area contributed by atoms with Gasteiger partial charge in [-0.1, -0.05) is 11.6 Å². The number of aryl methyl sites for hydroxylation is 1. The van der Waals surface area contributed by atoms with E-state index in [-0.39, 0.29) is 12.5 Å². The van der Waals surface area contributed by atoms with Crippen LogP contribution in [0.25, 0.3) is 0 Å². The van der Waals surface area contributed by atoms with E-state index in [4.69, 9.17) is 11.6 Å². The van der Waals surface area contributed by atoms with Gasteiger partial charge in [0.15, 0.2) is 5.82 Å². The van der Waals surface area contributed by atoms with Crippen LogP contribution < -0.4 is 15.5 Å². The Balaban J connectivity index is 1.53. The first-order valence-electron chi connectivity index (χ1n) is 7.49. The smallest absolute Gasteiger partial charge is 0.315 e. The van der Waals surface area contributed by atoms with Crippen LogP contribution in [0.4, 0.5) is 10.5 Å². The van der Waals surface area contributed by atoms with Gasteiger partial charge in [-0.25, -0.2) is 9.78 Å². The molecule has 1 aliphatic heterocycles. The fourth-order valence-corrected chi connectivity index (χ4v) is 2.65. The quantitative estimate of drug-likeness (QED) is 0.864. The monoisotopic (exact) mass is 348 g/mol. The van der Waals surface area contributed by atoms with E-state index in [1.54, 1.807) is 47.2 Å². The zero-order valence-electron chi connectivity index (χ0n) is 13.1. The van der Waals surface area contributed by atoms with Crippen molar-refractivity contribution in [2.24, 2.45) is 7.05 Å². The highest BCUT2D eigenvalue weighted by atomic mass is 35.5. The van der Waals surface area contributed by atoms with E-state index >= 15 is 0 Å². The van der Waals surface area contributed by atoms with E-state index in [2.05, 4.69) is 20.7 Å². The molecule has 8 nitrogen and oxygen atoms in total. The SMILES string of the molecule is Cn1cnc(CNC(=O)N[C@H]2CCN(c3ccc(Cl)cc3)C2=O)n1. The van der Waals surface area contributed by atoms with Gasteiger partial charge in [-0.2, -0.15) is 5.10 Å². The second kappa shape index (κ2) is 6.88. The molecule has 24 heavy (non-hydrogen) atoms. The zero-order chi connectivity index (χ0) is 17.1. The molecule has 0 aliphatic carbocycles. The van der Waals surface area contributed by atoms with Crippen molar-refractivity contribution >= 4 is 29.2 Å². The Bertz CT molecular complexity index is 745. The Kier molecular flexibility index (Phi) is 4.66. The van der Waals surface area contributed by atoms with Crippen LogP contribution in [0, 0.1) is 0 Å². The van der Waals surface area contributed by atoms with E-state index in [1.807, 2.05) is 0 Å². The first kappa shape index (κ1) is 16.3. The molecule has 1 aromatic heterocycles. The van der Waals surface area contributed by atoms with Gasteiger partial charge in [0.25, 0.3) is 0 Å². The lowest BCUT2D eigenvalue weighted by Crippen LogP contribution is -2.46. The fraction of sp³-hybridized carbons (Fsp3) is 0.333. The molecule has 1 aliphatic rings. The van der Waals surface area contributed by atoms with E-state index in [1.165, 1.54) is 0 Å². The summed E-state index contributed by atoms with van der Waals surface area (Å²) >= 11 is 5.86. The van der Waals surface area contributed by atoms with Crippen molar-refractivity contribution < 1.29 is 9.59 Å². The van der Waals surface area contributed by atoms with Crippen LogP contribution in [-0.2, 0) is 18.4 Å². The second-order valence-corrected chi connectivity index (χ2v) is 5.91. The van der Waals surface area contributed by atoms with Crippen LogP contribution in [0.1, 0.15) is 12.2 Å². The Morgan fingerprint density at radius 1 is 1.38 bits per heavy atom. The molecule has 3 rings (SSSR count). The third-order valence-corrected chi connectivity index (χ3v) is 3.96. The zero-order valence-corrected chi connectivity index (χ0v) is 13.8. The molecule has 126 valence electrons. The minimum absolute atomic E-state index is 0.136. The number of nitrogens with zero attached hydrogens (tertiary/aromatic N) is 4. The maximum absolute atomic E-state index is 12.4. The van der Waals surface area contributed by atoms with Crippen molar-refractivity contribution in [1.29, 1.82) is 0 Å². The molecule has 1 fully saturated rings. The molecular formula is C15H17ClN6O2. The summed E-state index contributed by atoms with van der Waals surface area (Å²) in [6, 6.07) is 6.08. The van der Waals surface area contributed by atoms with Crippen molar-refractivity contribution in [3.05, 3.63) is 41.4 Å². The number of urea groups is 1. The Labute approximate surface area is 143 Å². The summed E-state index contributed by atoms with van der Waals surface area (Å²) in [6.07, 6.45) is 2.11. The fourth-order valence-electron chi connectivity index (χ4n) is 2.52. The first-order chi connectivity index (χ1) is 11.5. The molecule has 2 N–H and O–H groups in total. The minimum Gasteiger partial charge on any atom is -0.331 e. The number of hydrogen-bond acceptors (Lipinski definition) is 4. The second-order valence-electron chi connectivity index (χ2n) is 5.47. The summed E-state index contributed by atoms with van der Waals surface area (Å²) in [5.41, 5.74) is 0.770. The van der Waals surface area contributed by atoms with Crippen LogP contribution in [0.5, 0.6) is 0 Å². The van der Waals surface area contributed by atoms with Gasteiger partial charge in [-0.15, -0.1) is 0 Å². The number of carbonyl (C=O) groups is 2. The lowest BCUT2D eigenvalue weighted by atomic mass is 10.2. The molecule has 2 aromatic rings. The lowest BCUT2D eigenvalue weighted by molar-refractivity contribution is -0.118. The molecule has 2 heterocycles. The van der Waals surface area contributed by atoms with Crippen molar-refractivity contribution in [3.8, 4) is 0 Å². The lowest BCUT2D eigenvalue weighted by Gasteiger charge is -2.17. The maximum atomic E-state index is 12.4. The van der Waals surface area contributed by atoms with Crippen LogP contribution in [0.15, 0.2) is 30.6 Å². The summed E-state index contributed by atoms with van der Waals surface area (Å²) < 4.78 is 1.55. The van der Waals surface area contributed by atoms with Crippen LogP contribution >= 0.6 is 11.6 Å². The van der Waals surface area contributed by atoms with E-state index in [0.717, 1.165) is 5.69 Å². The van der Waals surface area contributed by atoms with Gasteiger partial charge >= 0.3 is 6.03 Å². The highest BCUT2D eigenvalue weighted by Crippen LogP contribution is 2.23. The number of halogens is 1. The summed E-state index contributed by atoms with van der Waals surface area (Å²) in [6.45, 7) is 0.752. The number of hydrogen-bond donors (Lipinski definition) is 2. The number of amides is 3. The topological polar surface area (TPSA) is 92.2 Å². The average molecular weight is 349 g/mol. The number of anilines is 1. The normalized spacial score (nSPS) is 17.2. The van der Waals surface area contributed by atoms with Gasteiger partial charge in [0, 0.05) is 24.3 Å². The van der Waals surface area contributed by atoms with Gasteiger partial charge in [-0.05, 0) is 30.7 Å². The first-order valence-corrected chi connectivity index (χ1v) is 7.86. The molecule has 0 radical (unpaired) electrons. The minimum atomic E-state index is -0.544. The number of rotatable bonds is 4. The number of aromatic nitrogens is 3. The Morgan fingerprint density at radius 3 is 2.79 bits per heavy atom. The third-order valence-electron chi connectivity index (χ3n) is 3.70. The standard InChI is InChI=1S/C15H17ClN6O2/c1-21-9-18-13(20-21)8-17-15(24)19-12-6-7-22(14(12)23)11-4-2-10(16)3-5-11/h2-5,9,12H,6-8H2,1H3,(H2,17,19,24)/t12-/m0/s1. The summed E-state index contributed by atoms with van der Waals surface area (Å²) in [4.78, 5) is 30.0. The molecule has 1 atom stereocenters. The van der Waals surface area contributed by atoms with Gasteiger partial charge in [0.05, 0.1) is 6.54 Å². The Morgan fingerprint density at radius 2 is 2.12 bits per heavy atom. The van der Waals surface area contributed by atoms with Crippen LogP contribution in [0.2, 0.25) is 5.02 Å².